The molecule has 0 fully saturated rings. The molecule has 0 radical (unpaired) electrons. The molecule has 0 aliphatic carbocycles. The summed E-state index contributed by atoms with van der Waals surface area (Å²) >= 11 is 0. The van der Waals surface area contributed by atoms with Crippen LogP contribution in [0.1, 0.15) is 58.1 Å². The fourth-order valence-electron chi connectivity index (χ4n) is 3.98. The Kier molecular flexibility index (Phi) is 9.89. The number of amides is 2. The molecule has 35 heavy (non-hydrogen) atoms. The highest BCUT2D eigenvalue weighted by atomic mass is 32.2. The number of sulfonamides is 1. The van der Waals surface area contributed by atoms with E-state index in [4.69, 9.17) is 0 Å². The van der Waals surface area contributed by atoms with Crippen molar-refractivity contribution in [3.63, 3.8) is 0 Å². The van der Waals surface area contributed by atoms with Crippen LogP contribution in [0.3, 0.4) is 0 Å². The van der Waals surface area contributed by atoms with Gasteiger partial charge in [-0.3, -0.25) is 13.9 Å². The number of carbonyl (C=O) groups excluding carboxylic acids is 2. The predicted molar refractivity (Wildman–Crippen MR) is 142 cm³/mol. The quantitative estimate of drug-likeness (QED) is 0.498. The fourth-order valence-corrected chi connectivity index (χ4v) is 4.94. The predicted octanol–water partition coefficient (Wildman–Crippen LogP) is 4.26. The van der Waals surface area contributed by atoms with E-state index in [-0.39, 0.29) is 24.8 Å². The summed E-state index contributed by atoms with van der Waals surface area (Å²) in [5.74, 6) is -0.369. The number of hydrogen-bond donors (Lipinski definition) is 1. The van der Waals surface area contributed by atoms with E-state index in [0.29, 0.717) is 25.1 Å². The van der Waals surface area contributed by atoms with E-state index in [1.54, 1.807) is 29.2 Å². The monoisotopic (exact) mass is 501 g/mol. The van der Waals surface area contributed by atoms with Crippen LogP contribution < -0.4 is 9.62 Å². The van der Waals surface area contributed by atoms with Gasteiger partial charge in [0, 0.05) is 25.0 Å². The van der Waals surface area contributed by atoms with Crippen molar-refractivity contribution in [3.8, 4) is 0 Å². The van der Waals surface area contributed by atoms with Gasteiger partial charge in [0.2, 0.25) is 21.8 Å². The van der Waals surface area contributed by atoms with Crippen LogP contribution in [-0.2, 0) is 26.2 Å². The first-order valence-corrected chi connectivity index (χ1v) is 13.9. The molecule has 0 spiro atoms. The van der Waals surface area contributed by atoms with Gasteiger partial charge in [-0.05, 0) is 58.2 Å². The molecular formula is C27H39N3O4S. The average Bonchev–Trinajstić information content (AvgIpc) is 2.75. The van der Waals surface area contributed by atoms with Crippen molar-refractivity contribution < 1.29 is 18.0 Å². The number of benzene rings is 2. The van der Waals surface area contributed by atoms with Crippen molar-refractivity contribution in [2.75, 3.05) is 17.1 Å². The molecule has 0 saturated heterocycles. The topological polar surface area (TPSA) is 86.8 Å². The lowest BCUT2D eigenvalue weighted by atomic mass is 10.0. The molecule has 2 aromatic carbocycles. The maximum absolute atomic E-state index is 13.4. The molecule has 2 amide bonds. The zero-order valence-electron chi connectivity index (χ0n) is 21.7. The lowest BCUT2D eigenvalue weighted by molar-refractivity contribution is -0.142. The SMILES string of the molecule is CC[C@H](C(=O)NC(C)(C)C)N(Cc1cccc(C)c1)C(=O)CCCN(c1ccccc1)S(C)(=O)=O. The summed E-state index contributed by atoms with van der Waals surface area (Å²) in [6, 6.07) is 16.1. The number of rotatable bonds is 11. The van der Waals surface area contributed by atoms with E-state index in [1.807, 2.05) is 65.0 Å². The van der Waals surface area contributed by atoms with Crippen molar-refractivity contribution in [2.45, 2.75) is 72.0 Å². The summed E-state index contributed by atoms with van der Waals surface area (Å²) < 4.78 is 26.1. The largest absolute Gasteiger partial charge is 0.350 e. The Morgan fingerprint density at radius 1 is 1.03 bits per heavy atom. The zero-order chi connectivity index (χ0) is 26.2. The minimum atomic E-state index is -3.50. The minimum absolute atomic E-state index is 0.129. The molecule has 0 aliphatic rings. The number of nitrogens with zero attached hydrogens (tertiary/aromatic N) is 2. The van der Waals surface area contributed by atoms with Crippen LogP contribution in [0.4, 0.5) is 5.69 Å². The minimum Gasteiger partial charge on any atom is -0.350 e. The standard InChI is InChI=1S/C27H39N3O4S/c1-7-24(26(32)28-27(3,4)5)29(20-22-14-11-13-21(2)19-22)25(31)17-12-18-30(35(6,33)34)23-15-9-8-10-16-23/h8-11,13-16,19,24H,7,12,17-18,20H2,1-6H3,(H,28,32)/t24-/m1/s1. The van der Waals surface area contributed by atoms with Gasteiger partial charge in [0.1, 0.15) is 6.04 Å². The molecule has 0 aliphatic heterocycles. The van der Waals surface area contributed by atoms with Gasteiger partial charge < -0.3 is 10.2 Å². The Morgan fingerprint density at radius 2 is 1.69 bits per heavy atom. The van der Waals surface area contributed by atoms with E-state index in [0.717, 1.165) is 17.4 Å². The van der Waals surface area contributed by atoms with Crippen molar-refractivity contribution in [3.05, 3.63) is 65.7 Å². The van der Waals surface area contributed by atoms with Crippen LogP contribution in [0.5, 0.6) is 0 Å². The Morgan fingerprint density at radius 3 is 2.23 bits per heavy atom. The van der Waals surface area contributed by atoms with Gasteiger partial charge in [0.05, 0.1) is 11.9 Å². The molecule has 0 bridgehead atoms. The highest BCUT2D eigenvalue weighted by Crippen LogP contribution is 2.20. The molecule has 192 valence electrons. The van der Waals surface area contributed by atoms with Gasteiger partial charge >= 0.3 is 0 Å². The number of para-hydroxylation sites is 1. The first-order valence-electron chi connectivity index (χ1n) is 12.0. The fraction of sp³-hybridized carbons (Fsp3) is 0.481. The second kappa shape index (κ2) is 12.2. The van der Waals surface area contributed by atoms with E-state index in [9.17, 15) is 18.0 Å². The molecule has 0 unspecified atom stereocenters. The summed E-state index contributed by atoms with van der Waals surface area (Å²) in [4.78, 5) is 28.2. The van der Waals surface area contributed by atoms with Gasteiger partial charge in [-0.25, -0.2) is 8.42 Å². The van der Waals surface area contributed by atoms with Gasteiger partial charge in [-0.1, -0.05) is 55.0 Å². The van der Waals surface area contributed by atoms with Crippen molar-refractivity contribution in [1.29, 1.82) is 0 Å². The third-order valence-electron chi connectivity index (χ3n) is 5.52. The molecule has 0 saturated carbocycles. The van der Waals surface area contributed by atoms with Crippen molar-refractivity contribution in [2.24, 2.45) is 0 Å². The molecule has 1 atom stereocenters. The number of nitrogens with one attached hydrogen (secondary N) is 1. The van der Waals surface area contributed by atoms with Gasteiger partial charge in [-0.2, -0.15) is 0 Å². The van der Waals surface area contributed by atoms with E-state index < -0.39 is 21.6 Å². The normalized spacial score (nSPS) is 12.6. The smallest absolute Gasteiger partial charge is 0.243 e. The highest BCUT2D eigenvalue weighted by Gasteiger charge is 2.30. The molecule has 0 aromatic heterocycles. The van der Waals surface area contributed by atoms with Crippen LogP contribution in [0, 0.1) is 6.92 Å². The maximum atomic E-state index is 13.4. The molecule has 0 heterocycles. The van der Waals surface area contributed by atoms with Crippen molar-refractivity contribution in [1.82, 2.24) is 10.2 Å². The van der Waals surface area contributed by atoms with Crippen LogP contribution >= 0.6 is 0 Å². The molecule has 2 aromatic rings. The first-order chi connectivity index (χ1) is 16.3. The zero-order valence-corrected chi connectivity index (χ0v) is 22.6. The third-order valence-corrected chi connectivity index (χ3v) is 6.71. The Hall–Kier alpha value is -2.87. The summed E-state index contributed by atoms with van der Waals surface area (Å²) in [5, 5.41) is 3.00. The summed E-state index contributed by atoms with van der Waals surface area (Å²) in [7, 11) is -3.50. The molecular weight excluding hydrogens is 462 g/mol. The second-order valence-electron chi connectivity index (χ2n) is 9.95. The number of hydrogen-bond acceptors (Lipinski definition) is 4. The van der Waals surface area contributed by atoms with Crippen LogP contribution in [0.15, 0.2) is 54.6 Å². The highest BCUT2D eigenvalue weighted by molar-refractivity contribution is 7.92. The molecule has 7 nitrogen and oxygen atoms in total. The lowest BCUT2D eigenvalue weighted by Gasteiger charge is -2.33. The van der Waals surface area contributed by atoms with E-state index in [2.05, 4.69) is 5.32 Å². The number of carbonyl (C=O) groups is 2. The summed E-state index contributed by atoms with van der Waals surface area (Å²) in [6.45, 7) is 10.1. The first kappa shape index (κ1) is 28.4. The Labute approximate surface area is 210 Å². The van der Waals surface area contributed by atoms with Gasteiger partial charge in [0.15, 0.2) is 0 Å². The molecule has 2 rings (SSSR count). The lowest BCUT2D eigenvalue weighted by Crippen LogP contribution is -2.53. The molecule has 8 heteroatoms. The average molecular weight is 502 g/mol. The van der Waals surface area contributed by atoms with Gasteiger partial charge in [0.25, 0.3) is 0 Å². The number of anilines is 1. The number of aryl methyl sites for hydroxylation is 1. The second-order valence-corrected chi connectivity index (χ2v) is 11.9. The van der Waals surface area contributed by atoms with Gasteiger partial charge in [-0.15, -0.1) is 0 Å². The summed E-state index contributed by atoms with van der Waals surface area (Å²) in [6.07, 6.45) is 2.10. The van der Waals surface area contributed by atoms with Crippen molar-refractivity contribution >= 4 is 27.5 Å². The van der Waals surface area contributed by atoms with Crippen LogP contribution in [0.25, 0.3) is 0 Å². The van der Waals surface area contributed by atoms with E-state index >= 15 is 0 Å². The Bertz CT molecular complexity index is 1090. The maximum Gasteiger partial charge on any atom is 0.243 e. The Balaban J connectivity index is 2.22. The third kappa shape index (κ3) is 9.02. The van der Waals surface area contributed by atoms with E-state index in [1.165, 1.54) is 4.31 Å². The summed E-state index contributed by atoms with van der Waals surface area (Å²) in [5.41, 5.74) is 2.17. The molecule has 1 N–H and O–H groups in total. The van der Waals surface area contributed by atoms with Crippen LogP contribution in [-0.4, -0.2) is 49.5 Å². The van der Waals surface area contributed by atoms with Crippen LogP contribution in [0.2, 0.25) is 0 Å².